The second-order valence-corrected chi connectivity index (χ2v) is 5.48. The van der Waals surface area contributed by atoms with Crippen LogP contribution in [0.2, 0.25) is 0 Å². The zero-order chi connectivity index (χ0) is 15.0. The van der Waals surface area contributed by atoms with E-state index < -0.39 is 0 Å². The van der Waals surface area contributed by atoms with Crippen molar-refractivity contribution in [1.29, 1.82) is 0 Å². The molecule has 4 nitrogen and oxygen atoms in total. The van der Waals surface area contributed by atoms with Crippen LogP contribution in [0.15, 0.2) is 0 Å². The van der Waals surface area contributed by atoms with Crippen molar-refractivity contribution in [3.8, 4) is 5.88 Å². The first-order valence-corrected chi connectivity index (χ1v) is 7.88. The Labute approximate surface area is 123 Å². The Hall–Kier alpha value is -1.32. The summed E-state index contributed by atoms with van der Waals surface area (Å²) < 4.78 is 5.96. The second-order valence-electron chi connectivity index (χ2n) is 5.48. The standard InChI is InChI=1S/C16H29N3O/c1-5-7-8-9-11-12(3)20-16-13(4)15(17)18-14(19-16)10-6-2/h12H,5-11H2,1-4H3,(H2,17,18,19). The summed E-state index contributed by atoms with van der Waals surface area (Å²) in [6, 6.07) is 0. The lowest BCUT2D eigenvalue weighted by molar-refractivity contribution is 0.196. The van der Waals surface area contributed by atoms with Gasteiger partial charge in [-0.05, 0) is 33.1 Å². The van der Waals surface area contributed by atoms with Crippen molar-refractivity contribution in [3.05, 3.63) is 11.4 Å². The number of aromatic nitrogens is 2. The number of anilines is 1. The number of nitrogens with two attached hydrogens (primary N) is 1. The third kappa shape index (κ3) is 5.35. The number of ether oxygens (including phenoxy) is 1. The van der Waals surface area contributed by atoms with Crippen molar-refractivity contribution in [2.24, 2.45) is 0 Å². The van der Waals surface area contributed by atoms with Gasteiger partial charge in [-0.25, -0.2) is 4.98 Å². The average Bonchev–Trinajstić information content (AvgIpc) is 2.41. The highest BCUT2D eigenvalue weighted by molar-refractivity contribution is 5.44. The largest absolute Gasteiger partial charge is 0.474 e. The maximum atomic E-state index is 5.96. The highest BCUT2D eigenvalue weighted by atomic mass is 16.5. The zero-order valence-electron chi connectivity index (χ0n) is 13.4. The molecule has 0 aliphatic rings. The molecular weight excluding hydrogens is 250 g/mol. The molecular formula is C16H29N3O. The minimum Gasteiger partial charge on any atom is -0.474 e. The van der Waals surface area contributed by atoms with Gasteiger partial charge in [-0.2, -0.15) is 4.98 Å². The monoisotopic (exact) mass is 279 g/mol. The van der Waals surface area contributed by atoms with E-state index >= 15 is 0 Å². The van der Waals surface area contributed by atoms with E-state index in [1.165, 1.54) is 25.7 Å². The third-order valence-electron chi connectivity index (χ3n) is 3.44. The summed E-state index contributed by atoms with van der Waals surface area (Å²) in [6.07, 6.45) is 8.12. The van der Waals surface area contributed by atoms with Gasteiger partial charge in [0, 0.05) is 6.42 Å². The molecule has 0 saturated heterocycles. The van der Waals surface area contributed by atoms with E-state index in [9.17, 15) is 0 Å². The molecule has 0 amide bonds. The van der Waals surface area contributed by atoms with Gasteiger partial charge in [-0.15, -0.1) is 0 Å². The smallest absolute Gasteiger partial charge is 0.222 e. The molecule has 1 aromatic rings. The van der Waals surface area contributed by atoms with Crippen LogP contribution in [0.25, 0.3) is 0 Å². The van der Waals surface area contributed by atoms with E-state index in [0.29, 0.717) is 11.7 Å². The molecule has 0 aliphatic heterocycles. The quantitative estimate of drug-likeness (QED) is 0.692. The Bertz CT molecular complexity index is 407. The van der Waals surface area contributed by atoms with E-state index in [0.717, 1.165) is 30.7 Å². The van der Waals surface area contributed by atoms with Gasteiger partial charge in [-0.3, -0.25) is 0 Å². The Kier molecular flexibility index (Phi) is 7.34. The summed E-state index contributed by atoms with van der Waals surface area (Å²) >= 11 is 0. The van der Waals surface area contributed by atoms with Crippen LogP contribution in [0.3, 0.4) is 0 Å². The SMILES string of the molecule is CCCCCCC(C)Oc1nc(CCC)nc(N)c1C. The first-order chi connectivity index (χ1) is 9.58. The molecule has 0 aromatic carbocycles. The minimum atomic E-state index is 0.175. The summed E-state index contributed by atoms with van der Waals surface area (Å²) in [6.45, 7) is 8.35. The fourth-order valence-electron chi connectivity index (χ4n) is 2.12. The van der Waals surface area contributed by atoms with E-state index in [1.54, 1.807) is 0 Å². The molecule has 4 heteroatoms. The van der Waals surface area contributed by atoms with E-state index in [4.69, 9.17) is 10.5 Å². The zero-order valence-corrected chi connectivity index (χ0v) is 13.4. The lowest BCUT2D eigenvalue weighted by atomic mass is 10.1. The van der Waals surface area contributed by atoms with Crippen LogP contribution in [0.1, 0.15) is 70.7 Å². The number of rotatable bonds is 9. The number of hydrogen-bond donors (Lipinski definition) is 1. The summed E-state index contributed by atoms with van der Waals surface area (Å²) in [4.78, 5) is 8.80. The molecule has 1 heterocycles. The molecule has 0 aliphatic carbocycles. The Morgan fingerprint density at radius 1 is 1.10 bits per heavy atom. The summed E-state index contributed by atoms with van der Waals surface area (Å²) in [7, 11) is 0. The van der Waals surface area contributed by atoms with Crippen LogP contribution in [0.4, 0.5) is 5.82 Å². The van der Waals surface area contributed by atoms with Crippen molar-refractivity contribution in [1.82, 2.24) is 9.97 Å². The topological polar surface area (TPSA) is 61.0 Å². The van der Waals surface area contributed by atoms with Crippen molar-refractivity contribution < 1.29 is 4.74 Å². The second kappa shape index (κ2) is 8.77. The summed E-state index contributed by atoms with van der Waals surface area (Å²) in [5.74, 6) is 1.98. The van der Waals surface area contributed by atoms with Gasteiger partial charge in [-0.1, -0.05) is 33.1 Å². The number of nitrogen functional groups attached to an aromatic ring is 1. The van der Waals surface area contributed by atoms with Gasteiger partial charge >= 0.3 is 0 Å². The van der Waals surface area contributed by atoms with Crippen LogP contribution < -0.4 is 10.5 Å². The summed E-state index contributed by atoms with van der Waals surface area (Å²) in [5.41, 5.74) is 6.79. The molecule has 0 bridgehead atoms. The predicted molar refractivity (Wildman–Crippen MR) is 84.0 cm³/mol. The molecule has 0 fully saturated rings. The first-order valence-electron chi connectivity index (χ1n) is 7.88. The molecule has 0 radical (unpaired) electrons. The van der Waals surface area contributed by atoms with Gasteiger partial charge in [0.15, 0.2) is 0 Å². The molecule has 114 valence electrons. The number of aryl methyl sites for hydroxylation is 1. The van der Waals surface area contributed by atoms with Crippen molar-refractivity contribution >= 4 is 5.82 Å². The highest BCUT2D eigenvalue weighted by Gasteiger charge is 2.12. The summed E-state index contributed by atoms with van der Waals surface area (Å²) in [5, 5.41) is 0. The average molecular weight is 279 g/mol. The maximum absolute atomic E-state index is 5.96. The number of unbranched alkanes of at least 4 members (excludes halogenated alkanes) is 3. The molecule has 1 atom stereocenters. The van der Waals surface area contributed by atoms with Gasteiger partial charge < -0.3 is 10.5 Å². The Balaban J connectivity index is 2.61. The lowest BCUT2D eigenvalue weighted by Gasteiger charge is -2.16. The molecule has 2 N–H and O–H groups in total. The fraction of sp³-hybridized carbons (Fsp3) is 0.750. The maximum Gasteiger partial charge on any atom is 0.222 e. The number of nitrogens with zero attached hydrogens (tertiary/aromatic N) is 2. The molecule has 20 heavy (non-hydrogen) atoms. The van der Waals surface area contributed by atoms with Crippen LogP contribution in [-0.2, 0) is 6.42 Å². The van der Waals surface area contributed by atoms with Crippen molar-refractivity contribution in [2.45, 2.75) is 78.7 Å². The van der Waals surface area contributed by atoms with Crippen LogP contribution in [0, 0.1) is 6.92 Å². The van der Waals surface area contributed by atoms with Gasteiger partial charge in [0.05, 0.1) is 11.7 Å². The predicted octanol–water partition coefficient (Wildman–Crippen LogP) is 4.06. The lowest BCUT2D eigenvalue weighted by Crippen LogP contribution is -2.15. The van der Waals surface area contributed by atoms with E-state index in [1.807, 2.05) is 6.92 Å². The third-order valence-corrected chi connectivity index (χ3v) is 3.44. The normalized spacial score (nSPS) is 12.4. The van der Waals surface area contributed by atoms with Crippen LogP contribution in [0.5, 0.6) is 5.88 Å². The van der Waals surface area contributed by atoms with Gasteiger partial charge in [0.1, 0.15) is 11.6 Å². The number of hydrogen-bond acceptors (Lipinski definition) is 4. The van der Waals surface area contributed by atoms with E-state index in [-0.39, 0.29) is 6.10 Å². The van der Waals surface area contributed by atoms with Crippen molar-refractivity contribution in [3.63, 3.8) is 0 Å². The molecule has 1 rings (SSSR count). The molecule has 1 unspecified atom stereocenters. The van der Waals surface area contributed by atoms with Crippen LogP contribution in [-0.4, -0.2) is 16.1 Å². The van der Waals surface area contributed by atoms with Gasteiger partial charge in [0.25, 0.3) is 0 Å². The molecule has 0 spiro atoms. The van der Waals surface area contributed by atoms with Gasteiger partial charge in [0.2, 0.25) is 5.88 Å². The van der Waals surface area contributed by atoms with Crippen molar-refractivity contribution in [2.75, 3.05) is 5.73 Å². The molecule has 0 saturated carbocycles. The van der Waals surface area contributed by atoms with Crippen LogP contribution >= 0.6 is 0 Å². The first kappa shape index (κ1) is 16.7. The Morgan fingerprint density at radius 3 is 2.50 bits per heavy atom. The molecule has 1 aromatic heterocycles. The Morgan fingerprint density at radius 2 is 1.85 bits per heavy atom. The fourth-order valence-corrected chi connectivity index (χ4v) is 2.12. The van der Waals surface area contributed by atoms with E-state index in [2.05, 4.69) is 30.7 Å². The minimum absolute atomic E-state index is 0.175. The highest BCUT2D eigenvalue weighted by Crippen LogP contribution is 2.22.